The predicted molar refractivity (Wildman–Crippen MR) is 136 cm³/mol. The summed E-state index contributed by atoms with van der Waals surface area (Å²) in [4.78, 5) is 6.76. The quantitative estimate of drug-likeness (QED) is 0.318. The Hall–Kier alpha value is -1.71. The number of hydrogen-bond acceptors (Lipinski definition) is 3. The molecule has 1 aliphatic heterocycles. The fourth-order valence-electron chi connectivity index (χ4n) is 3.69. The van der Waals surface area contributed by atoms with E-state index in [4.69, 9.17) is 4.74 Å². The van der Waals surface area contributed by atoms with Gasteiger partial charge in [0.1, 0.15) is 5.82 Å². The average Bonchev–Trinajstić information content (AvgIpc) is 2.76. The molecule has 0 aliphatic carbocycles. The average molecular weight is 540 g/mol. The summed E-state index contributed by atoms with van der Waals surface area (Å²) in [7, 11) is 1.76. The van der Waals surface area contributed by atoms with Crippen LogP contribution in [0.15, 0.2) is 53.5 Å². The summed E-state index contributed by atoms with van der Waals surface area (Å²) in [6.07, 6.45) is 0. The third-order valence-corrected chi connectivity index (χ3v) is 5.59. The molecular formula is C24H34FIN4O. The Morgan fingerprint density at radius 2 is 1.68 bits per heavy atom. The highest BCUT2D eigenvalue weighted by molar-refractivity contribution is 14.0. The van der Waals surface area contributed by atoms with Gasteiger partial charge in [0.2, 0.25) is 0 Å². The van der Waals surface area contributed by atoms with E-state index in [2.05, 4.69) is 44.8 Å². The molecule has 170 valence electrons. The molecule has 1 saturated heterocycles. The molecule has 0 aromatic heterocycles. The summed E-state index contributed by atoms with van der Waals surface area (Å²) in [5, 5.41) is 6.76. The van der Waals surface area contributed by atoms with Crippen LogP contribution in [-0.2, 0) is 23.2 Å². The van der Waals surface area contributed by atoms with Crippen molar-refractivity contribution in [3.8, 4) is 0 Å². The Bertz CT molecular complexity index is 853. The zero-order chi connectivity index (χ0) is 21.4. The Kier molecular flexibility index (Phi) is 10.2. The van der Waals surface area contributed by atoms with Crippen LogP contribution in [0.4, 0.5) is 4.39 Å². The van der Waals surface area contributed by atoms with Gasteiger partial charge in [-0.2, -0.15) is 0 Å². The first kappa shape index (κ1) is 25.5. The molecule has 1 fully saturated rings. The second kappa shape index (κ2) is 12.4. The lowest BCUT2D eigenvalue weighted by molar-refractivity contribution is 0.0341. The molecule has 2 aromatic carbocycles. The summed E-state index contributed by atoms with van der Waals surface area (Å²) >= 11 is 0. The number of rotatable bonds is 7. The van der Waals surface area contributed by atoms with E-state index in [1.54, 1.807) is 13.1 Å². The molecule has 2 N–H and O–H groups in total. The van der Waals surface area contributed by atoms with Gasteiger partial charge in [0.25, 0.3) is 0 Å². The molecule has 0 amide bonds. The first-order chi connectivity index (χ1) is 14.5. The van der Waals surface area contributed by atoms with Gasteiger partial charge in [-0.3, -0.25) is 9.89 Å². The van der Waals surface area contributed by atoms with E-state index in [0.29, 0.717) is 24.6 Å². The van der Waals surface area contributed by atoms with E-state index in [0.717, 1.165) is 32.8 Å². The van der Waals surface area contributed by atoms with Crippen LogP contribution in [0.3, 0.4) is 0 Å². The SMILES string of the molecule is CN=C(NCc1ccccc1CN1CCOCC1)NCC(C)(C)c1ccccc1F.I. The van der Waals surface area contributed by atoms with Crippen LogP contribution < -0.4 is 10.6 Å². The van der Waals surface area contributed by atoms with Gasteiger partial charge in [-0.25, -0.2) is 4.39 Å². The number of hydrogen-bond donors (Lipinski definition) is 2. The molecule has 0 radical (unpaired) electrons. The number of benzene rings is 2. The fraction of sp³-hybridized carbons (Fsp3) is 0.458. The highest BCUT2D eigenvalue weighted by atomic mass is 127. The first-order valence-electron chi connectivity index (χ1n) is 10.6. The lowest BCUT2D eigenvalue weighted by Gasteiger charge is -2.28. The van der Waals surface area contributed by atoms with Crippen LogP contribution in [0.5, 0.6) is 0 Å². The van der Waals surface area contributed by atoms with E-state index in [9.17, 15) is 4.39 Å². The maximum atomic E-state index is 14.2. The van der Waals surface area contributed by atoms with Gasteiger partial charge in [0.15, 0.2) is 5.96 Å². The smallest absolute Gasteiger partial charge is 0.191 e. The van der Waals surface area contributed by atoms with Crippen LogP contribution in [0.2, 0.25) is 0 Å². The van der Waals surface area contributed by atoms with Crippen LogP contribution >= 0.6 is 24.0 Å². The molecule has 0 unspecified atom stereocenters. The second-order valence-corrected chi connectivity index (χ2v) is 8.30. The topological polar surface area (TPSA) is 48.9 Å². The summed E-state index contributed by atoms with van der Waals surface area (Å²) in [6, 6.07) is 15.4. The van der Waals surface area contributed by atoms with E-state index >= 15 is 0 Å². The van der Waals surface area contributed by atoms with Crippen molar-refractivity contribution in [3.63, 3.8) is 0 Å². The molecule has 0 spiro atoms. The molecule has 0 saturated carbocycles. The number of aliphatic imine (C=N–C) groups is 1. The minimum Gasteiger partial charge on any atom is -0.379 e. The van der Waals surface area contributed by atoms with E-state index in [-0.39, 0.29) is 35.2 Å². The normalized spacial score (nSPS) is 15.3. The van der Waals surface area contributed by atoms with Crippen LogP contribution in [-0.4, -0.2) is 50.8 Å². The van der Waals surface area contributed by atoms with E-state index < -0.39 is 0 Å². The van der Waals surface area contributed by atoms with Crippen molar-refractivity contribution in [2.24, 2.45) is 4.99 Å². The fourth-order valence-corrected chi connectivity index (χ4v) is 3.69. The number of ether oxygens (including phenoxy) is 1. The van der Waals surface area contributed by atoms with Gasteiger partial charge in [0, 0.05) is 45.2 Å². The Morgan fingerprint density at radius 1 is 1.03 bits per heavy atom. The molecule has 1 heterocycles. The molecule has 1 aliphatic rings. The van der Waals surface area contributed by atoms with Crippen molar-refractivity contribution in [3.05, 3.63) is 71.0 Å². The molecule has 2 aromatic rings. The molecule has 5 nitrogen and oxygen atoms in total. The van der Waals surface area contributed by atoms with Gasteiger partial charge in [-0.15, -0.1) is 24.0 Å². The Morgan fingerprint density at radius 3 is 2.35 bits per heavy atom. The van der Waals surface area contributed by atoms with Gasteiger partial charge in [0.05, 0.1) is 13.2 Å². The minimum atomic E-state index is -0.364. The number of halogens is 2. The zero-order valence-corrected chi connectivity index (χ0v) is 21.0. The van der Waals surface area contributed by atoms with Crippen molar-refractivity contribution in [1.82, 2.24) is 15.5 Å². The molecule has 31 heavy (non-hydrogen) atoms. The first-order valence-corrected chi connectivity index (χ1v) is 10.6. The monoisotopic (exact) mass is 540 g/mol. The van der Waals surface area contributed by atoms with Gasteiger partial charge in [-0.1, -0.05) is 56.3 Å². The number of morpholine rings is 1. The summed E-state index contributed by atoms with van der Waals surface area (Å²) in [6.45, 7) is 9.78. The minimum absolute atomic E-state index is 0. The van der Waals surface area contributed by atoms with Crippen molar-refractivity contribution in [1.29, 1.82) is 0 Å². The molecular weight excluding hydrogens is 506 g/mol. The van der Waals surface area contributed by atoms with Gasteiger partial charge in [-0.05, 0) is 22.8 Å². The van der Waals surface area contributed by atoms with Gasteiger partial charge < -0.3 is 15.4 Å². The van der Waals surface area contributed by atoms with Crippen LogP contribution in [0.1, 0.15) is 30.5 Å². The van der Waals surface area contributed by atoms with E-state index in [1.807, 2.05) is 26.0 Å². The number of nitrogens with zero attached hydrogens (tertiary/aromatic N) is 2. The van der Waals surface area contributed by atoms with Gasteiger partial charge >= 0.3 is 0 Å². The molecule has 0 atom stereocenters. The summed E-state index contributed by atoms with van der Waals surface area (Å²) in [5.41, 5.74) is 2.90. The third-order valence-electron chi connectivity index (χ3n) is 5.59. The third kappa shape index (κ3) is 7.43. The highest BCUT2D eigenvalue weighted by Gasteiger charge is 2.24. The summed E-state index contributed by atoms with van der Waals surface area (Å²) < 4.78 is 19.7. The highest BCUT2D eigenvalue weighted by Crippen LogP contribution is 2.24. The van der Waals surface area contributed by atoms with Crippen molar-refractivity contribution < 1.29 is 9.13 Å². The second-order valence-electron chi connectivity index (χ2n) is 8.30. The zero-order valence-electron chi connectivity index (χ0n) is 18.7. The van der Waals surface area contributed by atoms with Crippen molar-refractivity contribution in [2.75, 3.05) is 39.9 Å². The van der Waals surface area contributed by atoms with Crippen molar-refractivity contribution in [2.45, 2.75) is 32.4 Å². The lowest BCUT2D eigenvalue weighted by Crippen LogP contribution is -2.43. The Labute approximate surface area is 202 Å². The maximum absolute atomic E-state index is 14.2. The van der Waals surface area contributed by atoms with Crippen LogP contribution in [0, 0.1) is 5.82 Å². The lowest BCUT2D eigenvalue weighted by atomic mass is 9.84. The van der Waals surface area contributed by atoms with Crippen LogP contribution in [0.25, 0.3) is 0 Å². The molecule has 3 rings (SSSR count). The maximum Gasteiger partial charge on any atom is 0.191 e. The number of guanidine groups is 1. The summed E-state index contributed by atoms with van der Waals surface area (Å²) in [5.74, 6) is 0.532. The van der Waals surface area contributed by atoms with Crippen molar-refractivity contribution >= 4 is 29.9 Å². The molecule has 7 heteroatoms. The predicted octanol–water partition coefficient (Wildman–Crippen LogP) is 3.92. The Balaban J connectivity index is 0.00000341. The largest absolute Gasteiger partial charge is 0.379 e. The molecule has 0 bridgehead atoms. The standard InChI is InChI=1S/C24H33FN4O.HI/c1-24(2,21-10-6-7-11-22(21)25)18-28-23(26-3)27-16-19-8-4-5-9-20(19)17-29-12-14-30-15-13-29;/h4-11H,12-18H2,1-3H3,(H2,26,27,28);1H. The number of nitrogens with one attached hydrogen (secondary N) is 2. The van der Waals surface area contributed by atoms with E-state index in [1.165, 1.54) is 17.2 Å².